The normalized spacial score (nSPS) is 34.4. The van der Waals surface area contributed by atoms with Crippen LogP contribution in [-0.2, 0) is 27.2 Å². The highest BCUT2D eigenvalue weighted by atomic mass is 16.5. The van der Waals surface area contributed by atoms with Crippen molar-refractivity contribution in [2.24, 2.45) is 22.7 Å². The number of hydrogen-bond donors (Lipinski definition) is 0. The second-order valence-electron chi connectivity index (χ2n) is 10.4. The Kier molecular flexibility index (Phi) is 6.64. The number of ether oxygens (including phenoxy) is 2. The molecule has 4 rings (SSSR count). The van der Waals surface area contributed by atoms with Gasteiger partial charge < -0.3 is 13.9 Å². The minimum Gasteiger partial charge on any atom is -0.469 e. The highest BCUT2D eigenvalue weighted by molar-refractivity contribution is 5.77. The minimum atomic E-state index is -0.377. The van der Waals surface area contributed by atoms with Gasteiger partial charge in [-0.15, -0.1) is 0 Å². The number of methoxy groups -OCH3 is 1. The van der Waals surface area contributed by atoms with E-state index in [4.69, 9.17) is 13.9 Å². The topological polar surface area (TPSA) is 51.9 Å². The number of rotatable bonds is 6. The van der Waals surface area contributed by atoms with Crippen molar-refractivity contribution in [3.05, 3.63) is 35.8 Å². The summed E-state index contributed by atoms with van der Waals surface area (Å²) in [6.07, 6.45) is 9.14. The summed E-state index contributed by atoms with van der Waals surface area (Å²) in [6.45, 7) is 13.4. The number of esters is 1. The molecule has 1 saturated heterocycles. The molecule has 1 aromatic rings. The lowest BCUT2D eigenvalue weighted by molar-refractivity contribution is -0.168. The van der Waals surface area contributed by atoms with Crippen molar-refractivity contribution in [3.8, 4) is 0 Å². The Balaban J connectivity index is 1.49. The highest BCUT2D eigenvalue weighted by Crippen LogP contribution is 2.62. The zero-order valence-electron chi connectivity index (χ0n) is 19.6. The maximum Gasteiger partial charge on any atom is 0.311 e. The molecule has 0 radical (unpaired) electrons. The van der Waals surface area contributed by atoms with Gasteiger partial charge in [0, 0.05) is 13.1 Å². The van der Waals surface area contributed by atoms with Crippen molar-refractivity contribution in [1.82, 2.24) is 4.90 Å². The van der Waals surface area contributed by atoms with Crippen molar-refractivity contribution in [1.29, 1.82) is 0 Å². The van der Waals surface area contributed by atoms with Gasteiger partial charge >= 0.3 is 5.97 Å². The van der Waals surface area contributed by atoms with Gasteiger partial charge in [0.1, 0.15) is 5.76 Å². The molecule has 0 amide bonds. The quantitative estimate of drug-likeness (QED) is 0.471. The van der Waals surface area contributed by atoms with Gasteiger partial charge in [-0.25, -0.2) is 0 Å². The molecular weight excluding hydrogens is 390 g/mol. The van der Waals surface area contributed by atoms with Crippen LogP contribution in [-0.4, -0.2) is 44.3 Å². The molecule has 1 aromatic heterocycles. The minimum absolute atomic E-state index is 0.0303. The van der Waals surface area contributed by atoms with Crippen molar-refractivity contribution in [2.75, 3.05) is 33.4 Å². The summed E-state index contributed by atoms with van der Waals surface area (Å²) >= 11 is 0. The third kappa shape index (κ3) is 4.23. The summed E-state index contributed by atoms with van der Waals surface area (Å²) < 4.78 is 16.6. The van der Waals surface area contributed by atoms with Crippen LogP contribution < -0.4 is 0 Å². The van der Waals surface area contributed by atoms with E-state index in [9.17, 15) is 4.79 Å². The molecule has 4 atom stereocenters. The van der Waals surface area contributed by atoms with E-state index in [1.54, 1.807) is 0 Å². The average Bonchev–Trinajstić information content (AvgIpc) is 3.20. The number of fused-ring (bicyclic) bond motifs is 1. The van der Waals surface area contributed by atoms with Crippen LogP contribution in [0.5, 0.6) is 0 Å². The Morgan fingerprint density at radius 3 is 2.81 bits per heavy atom. The Bertz CT molecular complexity index is 795. The zero-order chi connectivity index (χ0) is 22.1. The molecule has 2 heterocycles. The van der Waals surface area contributed by atoms with Gasteiger partial charge in [-0.1, -0.05) is 25.5 Å². The Hall–Kier alpha value is -1.59. The number of allylic oxidation sites excluding steroid dienone is 1. The number of aryl methyl sites for hydroxylation is 1. The van der Waals surface area contributed by atoms with Gasteiger partial charge in [0.25, 0.3) is 0 Å². The molecule has 31 heavy (non-hydrogen) atoms. The van der Waals surface area contributed by atoms with Gasteiger partial charge in [-0.05, 0) is 74.3 Å². The summed E-state index contributed by atoms with van der Waals surface area (Å²) in [5.41, 5.74) is 2.41. The molecule has 0 aromatic carbocycles. The molecule has 0 bridgehead atoms. The van der Waals surface area contributed by atoms with Crippen LogP contribution in [0.4, 0.5) is 0 Å². The molecule has 2 aliphatic carbocycles. The summed E-state index contributed by atoms with van der Waals surface area (Å²) in [5, 5.41) is 0. The monoisotopic (exact) mass is 429 g/mol. The van der Waals surface area contributed by atoms with Crippen LogP contribution in [0.25, 0.3) is 0 Å². The fraction of sp³-hybridized carbons (Fsp3) is 0.731. The zero-order valence-corrected chi connectivity index (χ0v) is 19.6. The molecule has 5 heteroatoms. The average molecular weight is 430 g/mol. The van der Waals surface area contributed by atoms with Gasteiger partial charge in [0.15, 0.2) is 0 Å². The summed E-state index contributed by atoms with van der Waals surface area (Å²) in [5.74, 6) is 1.85. The first-order chi connectivity index (χ1) is 14.9. The first-order valence-corrected chi connectivity index (χ1v) is 12.0. The summed E-state index contributed by atoms with van der Waals surface area (Å²) in [7, 11) is 1.54. The maximum absolute atomic E-state index is 12.8. The van der Waals surface area contributed by atoms with Crippen molar-refractivity contribution >= 4 is 5.97 Å². The van der Waals surface area contributed by atoms with Crippen LogP contribution in [0.15, 0.2) is 28.9 Å². The molecule has 5 nitrogen and oxygen atoms in total. The molecule has 3 fully saturated rings. The van der Waals surface area contributed by atoms with Gasteiger partial charge in [-0.3, -0.25) is 9.69 Å². The number of carbonyl (C=O) groups is 1. The van der Waals surface area contributed by atoms with E-state index >= 15 is 0 Å². The van der Waals surface area contributed by atoms with Gasteiger partial charge in [0.05, 0.1) is 38.5 Å². The Labute approximate surface area is 187 Å². The molecule has 1 aliphatic heterocycles. The van der Waals surface area contributed by atoms with E-state index in [0.29, 0.717) is 11.8 Å². The molecular formula is C26H39NO4. The third-order valence-corrected chi connectivity index (χ3v) is 8.68. The SMILES string of the molecule is C=C1CC[C@@H]2[C@](C)(CCC[C@@]2(C)C(=O)OC)[C@H]1CCc1ccoc1CN1CCOCC1. The molecule has 0 N–H and O–H groups in total. The summed E-state index contributed by atoms with van der Waals surface area (Å²) in [4.78, 5) is 15.2. The van der Waals surface area contributed by atoms with Crippen LogP contribution >= 0.6 is 0 Å². The number of nitrogens with zero attached hydrogens (tertiary/aromatic N) is 1. The van der Waals surface area contributed by atoms with Crippen LogP contribution in [0.2, 0.25) is 0 Å². The summed E-state index contributed by atoms with van der Waals surface area (Å²) in [6, 6.07) is 2.14. The second-order valence-corrected chi connectivity index (χ2v) is 10.4. The number of carbonyl (C=O) groups excluding carboxylic acids is 1. The lowest BCUT2D eigenvalue weighted by atomic mass is 9.46. The Morgan fingerprint density at radius 1 is 1.29 bits per heavy atom. The second kappa shape index (κ2) is 9.11. The van der Waals surface area contributed by atoms with E-state index in [1.165, 1.54) is 24.7 Å². The molecule has 172 valence electrons. The fourth-order valence-electron chi connectivity index (χ4n) is 6.95. The predicted molar refractivity (Wildman–Crippen MR) is 121 cm³/mol. The van der Waals surface area contributed by atoms with E-state index in [1.807, 2.05) is 6.26 Å². The first-order valence-electron chi connectivity index (χ1n) is 12.0. The van der Waals surface area contributed by atoms with E-state index in [-0.39, 0.29) is 16.8 Å². The standard InChI is InChI=1S/C26H39NO4/c1-19-6-9-23-25(2,11-5-12-26(23,3)24(28)29-4)21(19)8-7-20-10-15-31-22(20)18-27-13-16-30-17-14-27/h10,15,21,23H,1,5-9,11-14,16-18H2,2-4H3/t21-,23+,25+,26+/m0/s1. The van der Waals surface area contributed by atoms with Crippen LogP contribution in [0.3, 0.4) is 0 Å². The number of hydrogen-bond acceptors (Lipinski definition) is 5. The Morgan fingerprint density at radius 2 is 2.06 bits per heavy atom. The maximum atomic E-state index is 12.8. The lowest BCUT2D eigenvalue weighted by Gasteiger charge is -2.57. The number of furan rings is 1. The van der Waals surface area contributed by atoms with Crippen LogP contribution in [0.1, 0.15) is 63.7 Å². The van der Waals surface area contributed by atoms with Gasteiger partial charge in [0.2, 0.25) is 0 Å². The predicted octanol–water partition coefficient (Wildman–Crippen LogP) is 5.00. The molecule has 2 saturated carbocycles. The third-order valence-electron chi connectivity index (χ3n) is 8.68. The first kappa shape index (κ1) is 22.6. The van der Waals surface area contributed by atoms with Crippen molar-refractivity contribution in [2.45, 2.75) is 65.3 Å². The largest absolute Gasteiger partial charge is 0.469 e. The smallest absolute Gasteiger partial charge is 0.311 e. The number of morpholine rings is 1. The highest BCUT2D eigenvalue weighted by Gasteiger charge is 2.57. The van der Waals surface area contributed by atoms with E-state index in [2.05, 4.69) is 31.4 Å². The van der Waals surface area contributed by atoms with Crippen LogP contribution in [0, 0.1) is 22.7 Å². The molecule has 3 aliphatic rings. The lowest BCUT2D eigenvalue weighted by Crippen LogP contribution is -2.53. The molecule has 0 unspecified atom stereocenters. The van der Waals surface area contributed by atoms with E-state index in [0.717, 1.165) is 77.1 Å². The fourth-order valence-corrected chi connectivity index (χ4v) is 6.95. The van der Waals surface area contributed by atoms with Crippen molar-refractivity contribution < 1.29 is 18.7 Å². The molecule has 0 spiro atoms. The van der Waals surface area contributed by atoms with Crippen molar-refractivity contribution in [3.63, 3.8) is 0 Å². The van der Waals surface area contributed by atoms with E-state index < -0.39 is 0 Å². The van der Waals surface area contributed by atoms with Gasteiger partial charge in [-0.2, -0.15) is 0 Å².